The van der Waals surface area contributed by atoms with Gasteiger partial charge in [0, 0.05) is 5.41 Å². The smallest absolute Gasteiger partial charge is 0.407 e. The minimum Gasteiger partial charge on any atom is -0.457 e. The van der Waals surface area contributed by atoms with Gasteiger partial charge in [-0.1, -0.05) is 44.2 Å². The van der Waals surface area contributed by atoms with Crippen molar-refractivity contribution in [2.75, 3.05) is 6.61 Å². The van der Waals surface area contributed by atoms with E-state index in [4.69, 9.17) is 9.47 Å². The van der Waals surface area contributed by atoms with E-state index in [9.17, 15) is 4.79 Å². The quantitative estimate of drug-likeness (QED) is 0.919. The largest absolute Gasteiger partial charge is 0.457 e. The van der Waals surface area contributed by atoms with E-state index in [1.54, 1.807) is 0 Å². The Balaban J connectivity index is 1.85. The Labute approximate surface area is 130 Å². The molecule has 2 aromatic carbocycles. The zero-order chi connectivity index (χ0) is 15.6. The molecule has 2 aromatic rings. The van der Waals surface area contributed by atoms with Gasteiger partial charge in [-0.2, -0.15) is 0 Å². The lowest BCUT2D eigenvalue weighted by molar-refractivity contribution is 0.0387. The number of cyclic esters (lactones) is 1. The Morgan fingerprint density at radius 3 is 2.59 bits per heavy atom. The van der Waals surface area contributed by atoms with Crippen LogP contribution in [0.3, 0.4) is 0 Å². The van der Waals surface area contributed by atoms with Crippen LogP contribution in [0.4, 0.5) is 4.79 Å². The third kappa shape index (κ3) is 3.06. The second-order valence-corrected chi connectivity index (χ2v) is 6.13. The van der Waals surface area contributed by atoms with Crippen LogP contribution in [0.1, 0.15) is 25.5 Å². The Hall–Kier alpha value is -2.49. The standard InChI is InChI=1S/C18H19NO3/c1-18(2)12-21-17(20)19-16(18)13-7-6-10-15(11-13)22-14-8-4-3-5-9-14/h3-11,16H,12H2,1-2H3,(H,19,20)/t16-/m0/s1. The summed E-state index contributed by atoms with van der Waals surface area (Å²) in [7, 11) is 0. The van der Waals surface area contributed by atoms with Crippen LogP contribution in [0.2, 0.25) is 0 Å². The lowest BCUT2D eigenvalue weighted by atomic mass is 9.80. The van der Waals surface area contributed by atoms with Gasteiger partial charge in [-0.05, 0) is 29.8 Å². The van der Waals surface area contributed by atoms with Gasteiger partial charge in [-0.3, -0.25) is 0 Å². The van der Waals surface area contributed by atoms with Gasteiger partial charge in [-0.25, -0.2) is 4.79 Å². The molecule has 114 valence electrons. The van der Waals surface area contributed by atoms with Crippen molar-refractivity contribution in [2.45, 2.75) is 19.9 Å². The van der Waals surface area contributed by atoms with Crippen LogP contribution in [0, 0.1) is 5.41 Å². The molecule has 1 aliphatic heterocycles. The van der Waals surface area contributed by atoms with Crippen LogP contribution in [0.5, 0.6) is 11.5 Å². The SMILES string of the molecule is CC1(C)COC(=O)N[C@H]1c1cccc(Oc2ccccc2)c1. The molecule has 0 radical (unpaired) electrons. The normalized spacial score (nSPS) is 19.9. The Bertz CT molecular complexity index is 667. The zero-order valence-corrected chi connectivity index (χ0v) is 12.7. The molecular formula is C18H19NO3. The molecule has 1 heterocycles. The van der Waals surface area contributed by atoms with Crippen molar-refractivity contribution in [3.63, 3.8) is 0 Å². The molecule has 0 unspecified atom stereocenters. The average Bonchev–Trinajstić information content (AvgIpc) is 2.51. The number of amides is 1. The van der Waals surface area contributed by atoms with Crippen LogP contribution in [0.15, 0.2) is 54.6 Å². The molecule has 3 rings (SSSR count). The first-order valence-electron chi connectivity index (χ1n) is 7.31. The molecule has 1 N–H and O–H groups in total. The molecule has 0 saturated carbocycles. The number of carbonyl (C=O) groups is 1. The molecule has 4 nitrogen and oxygen atoms in total. The second-order valence-electron chi connectivity index (χ2n) is 6.13. The molecule has 0 aromatic heterocycles. The summed E-state index contributed by atoms with van der Waals surface area (Å²) in [5.74, 6) is 1.54. The first-order chi connectivity index (χ1) is 10.5. The monoisotopic (exact) mass is 297 g/mol. The molecule has 1 aliphatic rings. The van der Waals surface area contributed by atoms with E-state index in [0.29, 0.717) is 6.61 Å². The van der Waals surface area contributed by atoms with Gasteiger partial charge in [0.15, 0.2) is 0 Å². The van der Waals surface area contributed by atoms with Crippen LogP contribution in [-0.2, 0) is 4.74 Å². The fourth-order valence-corrected chi connectivity index (χ4v) is 2.61. The van der Waals surface area contributed by atoms with E-state index in [0.717, 1.165) is 17.1 Å². The topological polar surface area (TPSA) is 47.6 Å². The number of nitrogens with one attached hydrogen (secondary N) is 1. The van der Waals surface area contributed by atoms with Crippen LogP contribution < -0.4 is 10.1 Å². The summed E-state index contributed by atoms with van der Waals surface area (Å²) in [5.41, 5.74) is 0.828. The molecule has 0 aliphatic carbocycles. The van der Waals surface area contributed by atoms with Crippen molar-refractivity contribution in [1.82, 2.24) is 5.32 Å². The summed E-state index contributed by atoms with van der Waals surface area (Å²) in [6, 6.07) is 17.3. The number of alkyl carbamates (subject to hydrolysis) is 1. The summed E-state index contributed by atoms with van der Waals surface area (Å²) < 4.78 is 11.0. The summed E-state index contributed by atoms with van der Waals surface area (Å²) >= 11 is 0. The van der Waals surface area contributed by atoms with Gasteiger partial charge in [0.25, 0.3) is 0 Å². The Morgan fingerprint density at radius 2 is 1.82 bits per heavy atom. The van der Waals surface area contributed by atoms with Crippen molar-refractivity contribution in [3.05, 3.63) is 60.2 Å². The second kappa shape index (κ2) is 5.72. The lowest BCUT2D eigenvalue weighted by Gasteiger charge is -2.38. The number of carbonyl (C=O) groups excluding carboxylic acids is 1. The van der Waals surface area contributed by atoms with Gasteiger partial charge in [0.1, 0.15) is 18.1 Å². The fraction of sp³-hybridized carbons (Fsp3) is 0.278. The first kappa shape index (κ1) is 14.4. The predicted octanol–water partition coefficient (Wildman–Crippen LogP) is 4.29. The molecule has 1 saturated heterocycles. The minimum atomic E-state index is -0.376. The summed E-state index contributed by atoms with van der Waals surface area (Å²) in [4.78, 5) is 11.5. The summed E-state index contributed by atoms with van der Waals surface area (Å²) in [6.07, 6.45) is -0.376. The van der Waals surface area contributed by atoms with Crippen LogP contribution in [-0.4, -0.2) is 12.7 Å². The van der Waals surface area contributed by atoms with Crippen LogP contribution >= 0.6 is 0 Å². The average molecular weight is 297 g/mol. The third-order valence-electron chi connectivity index (χ3n) is 3.79. The van der Waals surface area contributed by atoms with Gasteiger partial charge in [-0.15, -0.1) is 0 Å². The molecule has 1 amide bonds. The van der Waals surface area contributed by atoms with Gasteiger partial charge in [0.2, 0.25) is 0 Å². The molecule has 4 heteroatoms. The molecular weight excluding hydrogens is 278 g/mol. The predicted molar refractivity (Wildman–Crippen MR) is 84.0 cm³/mol. The number of para-hydroxylation sites is 1. The first-order valence-corrected chi connectivity index (χ1v) is 7.31. The van der Waals surface area contributed by atoms with Crippen molar-refractivity contribution >= 4 is 6.09 Å². The van der Waals surface area contributed by atoms with E-state index in [-0.39, 0.29) is 17.6 Å². The fourth-order valence-electron chi connectivity index (χ4n) is 2.61. The maximum Gasteiger partial charge on any atom is 0.407 e. The molecule has 1 atom stereocenters. The number of rotatable bonds is 3. The summed E-state index contributed by atoms with van der Waals surface area (Å²) in [6.45, 7) is 4.54. The third-order valence-corrected chi connectivity index (χ3v) is 3.79. The van der Waals surface area contributed by atoms with Crippen molar-refractivity contribution in [1.29, 1.82) is 0 Å². The highest BCUT2D eigenvalue weighted by Gasteiger charge is 2.37. The Kier molecular flexibility index (Phi) is 3.75. The number of ether oxygens (including phenoxy) is 2. The number of hydrogen-bond donors (Lipinski definition) is 1. The number of benzene rings is 2. The zero-order valence-electron chi connectivity index (χ0n) is 12.7. The number of hydrogen-bond acceptors (Lipinski definition) is 3. The van der Waals surface area contributed by atoms with Crippen molar-refractivity contribution < 1.29 is 14.3 Å². The lowest BCUT2D eigenvalue weighted by Crippen LogP contribution is -2.46. The maximum atomic E-state index is 11.5. The van der Waals surface area contributed by atoms with Gasteiger partial charge < -0.3 is 14.8 Å². The highest BCUT2D eigenvalue weighted by Crippen LogP contribution is 2.37. The van der Waals surface area contributed by atoms with E-state index < -0.39 is 0 Å². The highest BCUT2D eigenvalue weighted by molar-refractivity contribution is 5.69. The molecule has 0 spiro atoms. The molecule has 1 fully saturated rings. The van der Waals surface area contributed by atoms with Crippen molar-refractivity contribution in [2.24, 2.45) is 5.41 Å². The minimum absolute atomic E-state index is 0.104. The highest BCUT2D eigenvalue weighted by atomic mass is 16.6. The van der Waals surface area contributed by atoms with E-state index in [1.807, 2.05) is 54.6 Å². The van der Waals surface area contributed by atoms with E-state index in [1.165, 1.54) is 0 Å². The van der Waals surface area contributed by atoms with Crippen LogP contribution in [0.25, 0.3) is 0 Å². The van der Waals surface area contributed by atoms with E-state index in [2.05, 4.69) is 19.2 Å². The molecule has 0 bridgehead atoms. The Morgan fingerprint density at radius 1 is 1.09 bits per heavy atom. The van der Waals surface area contributed by atoms with E-state index >= 15 is 0 Å². The van der Waals surface area contributed by atoms with Gasteiger partial charge in [0.05, 0.1) is 6.04 Å². The van der Waals surface area contributed by atoms with Crippen molar-refractivity contribution in [3.8, 4) is 11.5 Å². The summed E-state index contributed by atoms with van der Waals surface area (Å²) in [5, 5.41) is 2.90. The molecule has 22 heavy (non-hydrogen) atoms. The maximum absolute atomic E-state index is 11.5. The van der Waals surface area contributed by atoms with Gasteiger partial charge >= 0.3 is 6.09 Å².